The summed E-state index contributed by atoms with van der Waals surface area (Å²) < 4.78 is 1.72. The first-order valence-electron chi connectivity index (χ1n) is 2.85. The quantitative estimate of drug-likeness (QED) is 0.701. The molecule has 60 valence electrons. The molecule has 1 rings (SSSR count). The molecular weight excluding hydrogens is 214 g/mol. The number of carbonyl (C=O) groups excluding carboxylic acids is 1. The van der Waals surface area contributed by atoms with Gasteiger partial charge in [-0.1, -0.05) is 5.21 Å². The number of aldehydes is 1. The number of carbonyl (C=O) groups is 1. The molecule has 0 fully saturated rings. The van der Waals surface area contributed by atoms with E-state index < -0.39 is 6.10 Å². The van der Waals surface area contributed by atoms with E-state index in [2.05, 4.69) is 26.2 Å². The van der Waals surface area contributed by atoms with Crippen LogP contribution in [0.5, 0.6) is 0 Å². The van der Waals surface area contributed by atoms with E-state index in [-0.39, 0.29) is 0 Å². The summed E-state index contributed by atoms with van der Waals surface area (Å²) in [4.78, 5) is 10.2. The number of aliphatic hydroxyl groups excluding tert-OH is 1. The molecule has 0 amide bonds. The normalized spacial score (nSPS) is 13.0. The van der Waals surface area contributed by atoms with E-state index in [0.29, 0.717) is 16.6 Å². The SMILES string of the molecule is Cn1nnc(Br)c1C(O)C=O. The van der Waals surface area contributed by atoms with Crippen molar-refractivity contribution in [3.05, 3.63) is 10.3 Å². The lowest BCUT2D eigenvalue weighted by Gasteiger charge is -2.01. The van der Waals surface area contributed by atoms with Gasteiger partial charge in [-0.25, -0.2) is 4.68 Å². The van der Waals surface area contributed by atoms with Crippen molar-refractivity contribution in [1.82, 2.24) is 15.0 Å². The van der Waals surface area contributed by atoms with Gasteiger partial charge in [0.25, 0.3) is 0 Å². The van der Waals surface area contributed by atoms with Crippen molar-refractivity contribution in [1.29, 1.82) is 0 Å². The van der Waals surface area contributed by atoms with E-state index >= 15 is 0 Å². The highest BCUT2D eigenvalue weighted by Crippen LogP contribution is 2.17. The van der Waals surface area contributed by atoms with Gasteiger partial charge in [-0.2, -0.15) is 0 Å². The number of rotatable bonds is 2. The molecule has 11 heavy (non-hydrogen) atoms. The minimum absolute atomic E-state index is 0.361. The molecule has 0 radical (unpaired) electrons. The van der Waals surface area contributed by atoms with E-state index in [0.717, 1.165) is 0 Å². The summed E-state index contributed by atoms with van der Waals surface area (Å²) in [7, 11) is 1.60. The fraction of sp³-hybridized carbons (Fsp3) is 0.400. The van der Waals surface area contributed by atoms with Crippen LogP contribution in [0.15, 0.2) is 4.60 Å². The van der Waals surface area contributed by atoms with E-state index in [1.165, 1.54) is 4.68 Å². The van der Waals surface area contributed by atoms with E-state index in [9.17, 15) is 4.79 Å². The van der Waals surface area contributed by atoms with Gasteiger partial charge >= 0.3 is 0 Å². The molecule has 1 heterocycles. The zero-order valence-corrected chi connectivity index (χ0v) is 7.32. The van der Waals surface area contributed by atoms with Crippen LogP contribution >= 0.6 is 15.9 Å². The van der Waals surface area contributed by atoms with Gasteiger partial charge in [0.1, 0.15) is 5.69 Å². The number of hydrogen-bond acceptors (Lipinski definition) is 4. The Balaban J connectivity index is 3.09. The second-order valence-corrected chi connectivity index (χ2v) is 2.72. The maximum Gasteiger partial charge on any atom is 0.154 e. The van der Waals surface area contributed by atoms with Gasteiger partial charge in [0.05, 0.1) is 0 Å². The molecule has 0 bridgehead atoms. The van der Waals surface area contributed by atoms with Crippen LogP contribution in [0, 0.1) is 0 Å². The first-order chi connectivity index (χ1) is 5.16. The van der Waals surface area contributed by atoms with E-state index in [1.54, 1.807) is 7.05 Å². The second-order valence-electron chi connectivity index (χ2n) is 1.97. The lowest BCUT2D eigenvalue weighted by Crippen LogP contribution is -2.06. The summed E-state index contributed by atoms with van der Waals surface area (Å²) in [6.07, 6.45) is -0.743. The summed E-state index contributed by atoms with van der Waals surface area (Å²) in [5, 5.41) is 16.3. The lowest BCUT2D eigenvalue weighted by molar-refractivity contribution is -0.115. The Hall–Kier alpha value is -0.750. The van der Waals surface area contributed by atoms with E-state index in [4.69, 9.17) is 5.11 Å². The lowest BCUT2D eigenvalue weighted by atomic mass is 10.3. The zero-order chi connectivity index (χ0) is 8.43. The van der Waals surface area contributed by atoms with Crippen LogP contribution in [-0.4, -0.2) is 26.4 Å². The van der Waals surface area contributed by atoms with Crippen LogP contribution in [0.2, 0.25) is 0 Å². The van der Waals surface area contributed by atoms with Gasteiger partial charge in [0.15, 0.2) is 17.0 Å². The smallest absolute Gasteiger partial charge is 0.154 e. The number of aromatic nitrogens is 3. The van der Waals surface area contributed by atoms with Crippen molar-refractivity contribution in [3.63, 3.8) is 0 Å². The molecule has 0 aromatic carbocycles. The Morgan fingerprint density at radius 3 is 2.82 bits per heavy atom. The van der Waals surface area contributed by atoms with Crippen LogP contribution in [0.1, 0.15) is 11.8 Å². The van der Waals surface area contributed by atoms with Crippen molar-refractivity contribution in [3.8, 4) is 0 Å². The first-order valence-corrected chi connectivity index (χ1v) is 3.64. The van der Waals surface area contributed by atoms with Crippen LogP contribution in [0.4, 0.5) is 0 Å². The highest BCUT2D eigenvalue weighted by atomic mass is 79.9. The molecule has 1 aromatic rings. The van der Waals surface area contributed by atoms with Gasteiger partial charge < -0.3 is 9.90 Å². The Labute approximate surface area is 71.1 Å². The average molecular weight is 220 g/mol. The summed E-state index contributed by atoms with van der Waals surface area (Å²) in [5.74, 6) is 0. The van der Waals surface area contributed by atoms with Crippen molar-refractivity contribution in [2.75, 3.05) is 0 Å². The molecule has 1 atom stereocenters. The van der Waals surface area contributed by atoms with Crippen LogP contribution in [0.3, 0.4) is 0 Å². The number of nitrogens with zero attached hydrogens (tertiary/aromatic N) is 3. The fourth-order valence-corrected chi connectivity index (χ4v) is 1.28. The highest BCUT2D eigenvalue weighted by molar-refractivity contribution is 9.10. The largest absolute Gasteiger partial charge is 0.379 e. The standard InChI is InChI=1S/C5H6BrN3O2/c1-9-4(3(11)2-10)5(6)7-8-9/h2-3,11H,1H3. The Kier molecular flexibility index (Phi) is 2.35. The number of aliphatic hydroxyl groups is 1. The molecule has 0 aliphatic rings. The van der Waals surface area contributed by atoms with Crippen LogP contribution in [-0.2, 0) is 11.8 Å². The average Bonchev–Trinajstić information content (AvgIpc) is 2.30. The molecule has 0 saturated heterocycles. The predicted octanol–water partition coefficient (Wildman–Crippen LogP) is -0.190. The number of aryl methyl sites for hydroxylation is 1. The van der Waals surface area contributed by atoms with E-state index in [1.807, 2.05) is 0 Å². The molecule has 0 saturated carbocycles. The Morgan fingerprint density at radius 2 is 2.45 bits per heavy atom. The van der Waals surface area contributed by atoms with Gasteiger partial charge in [-0.3, -0.25) is 0 Å². The molecule has 0 spiro atoms. The summed E-state index contributed by atoms with van der Waals surface area (Å²) in [6.45, 7) is 0. The fourth-order valence-electron chi connectivity index (χ4n) is 0.717. The number of halogens is 1. The zero-order valence-electron chi connectivity index (χ0n) is 5.73. The maximum atomic E-state index is 10.2. The predicted molar refractivity (Wildman–Crippen MR) is 39.7 cm³/mol. The third-order valence-electron chi connectivity index (χ3n) is 1.24. The minimum atomic E-state index is -1.16. The van der Waals surface area contributed by atoms with Gasteiger partial charge in [0.2, 0.25) is 0 Å². The summed E-state index contributed by atoms with van der Waals surface area (Å²) >= 11 is 3.05. The molecule has 1 unspecified atom stereocenters. The molecule has 0 aliphatic heterocycles. The third kappa shape index (κ3) is 1.46. The summed E-state index contributed by atoms with van der Waals surface area (Å²) in [5.41, 5.74) is 0.361. The van der Waals surface area contributed by atoms with Crippen molar-refractivity contribution in [2.24, 2.45) is 7.05 Å². The first kappa shape index (κ1) is 8.35. The van der Waals surface area contributed by atoms with Crippen molar-refractivity contribution >= 4 is 22.2 Å². The van der Waals surface area contributed by atoms with Crippen LogP contribution < -0.4 is 0 Å². The molecule has 6 heteroatoms. The molecule has 0 aliphatic carbocycles. The summed E-state index contributed by atoms with van der Waals surface area (Å²) in [6, 6.07) is 0. The van der Waals surface area contributed by atoms with Crippen molar-refractivity contribution in [2.45, 2.75) is 6.10 Å². The third-order valence-corrected chi connectivity index (χ3v) is 1.80. The minimum Gasteiger partial charge on any atom is -0.379 e. The Morgan fingerprint density at radius 1 is 1.82 bits per heavy atom. The molecule has 5 nitrogen and oxygen atoms in total. The molecular formula is C5H6BrN3O2. The Bertz CT molecular complexity index is 253. The van der Waals surface area contributed by atoms with Gasteiger partial charge in [-0.05, 0) is 15.9 Å². The molecule has 1 N–H and O–H groups in total. The second kappa shape index (κ2) is 3.10. The monoisotopic (exact) mass is 219 g/mol. The van der Waals surface area contributed by atoms with Gasteiger partial charge in [0, 0.05) is 7.05 Å². The highest BCUT2D eigenvalue weighted by Gasteiger charge is 2.15. The number of hydrogen-bond donors (Lipinski definition) is 1. The van der Waals surface area contributed by atoms with Crippen molar-refractivity contribution < 1.29 is 9.90 Å². The van der Waals surface area contributed by atoms with Crippen LogP contribution in [0.25, 0.3) is 0 Å². The topological polar surface area (TPSA) is 68.0 Å². The maximum absolute atomic E-state index is 10.2. The molecule has 1 aromatic heterocycles. The van der Waals surface area contributed by atoms with Gasteiger partial charge in [-0.15, -0.1) is 5.10 Å².